The van der Waals surface area contributed by atoms with E-state index >= 15 is 0 Å². The fraction of sp³-hybridized carbons (Fsp3) is 0.522. The third kappa shape index (κ3) is 5.09. The van der Waals surface area contributed by atoms with Crippen molar-refractivity contribution in [1.29, 1.82) is 0 Å². The van der Waals surface area contributed by atoms with Gasteiger partial charge in [-0.25, -0.2) is 4.98 Å². The number of piperidine rings is 1. The third-order valence-corrected chi connectivity index (χ3v) is 6.97. The minimum Gasteiger partial charge on any atom is -0.353 e. The van der Waals surface area contributed by atoms with Gasteiger partial charge in [0.25, 0.3) is 0 Å². The molecule has 0 spiro atoms. The van der Waals surface area contributed by atoms with Crippen molar-refractivity contribution in [2.45, 2.75) is 44.9 Å². The van der Waals surface area contributed by atoms with Crippen LogP contribution in [-0.2, 0) is 13.1 Å². The number of anilines is 1. The number of nitrogens with zero attached hydrogens (tertiary/aromatic N) is 4. The topological polar surface area (TPSA) is 48.6 Å². The van der Waals surface area contributed by atoms with E-state index in [1.807, 2.05) is 24.4 Å². The Balaban J connectivity index is 1.30. The standard InChI is InChI=1S/C23H31Cl2N5/c1-17-15-29(23-22(25)12-19(13-26)14-27-23)10-11-30(17)21-6-8-28(9-7-21)16-18-2-4-20(24)5-3-18/h2-5,12,14,17,21H,6-11,13,15-16,26H2,1H3/t17-/m0/s1. The first kappa shape index (κ1) is 21.8. The Morgan fingerprint density at radius 2 is 1.77 bits per heavy atom. The smallest absolute Gasteiger partial charge is 0.147 e. The summed E-state index contributed by atoms with van der Waals surface area (Å²) in [6.45, 7) is 9.07. The van der Waals surface area contributed by atoms with Gasteiger partial charge in [0.2, 0.25) is 0 Å². The molecule has 2 saturated heterocycles. The average Bonchev–Trinajstić information content (AvgIpc) is 2.76. The van der Waals surface area contributed by atoms with Crippen molar-refractivity contribution in [1.82, 2.24) is 14.8 Å². The fourth-order valence-electron chi connectivity index (χ4n) is 4.78. The Kier molecular flexibility index (Phi) is 7.16. The maximum Gasteiger partial charge on any atom is 0.147 e. The Morgan fingerprint density at radius 3 is 2.40 bits per heavy atom. The highest BCUT2D eigenvalue weighted by Gasteiger charge is 2.32. The van der Waals surface area contributed by atoms with Gasteiger partial charge in [-0.15, -0.1) is 0 Å². The molecule has 0 bridgehead atoms. The summed E-state index contributed by atoms with van der Waals surface area (Å²) in [4.78, 5) is 12.2. The number of rotatable bonds is 5. The summed E-state index contributed by atoms with van der Waals surface area (Å²) in [5.41, 5.74) is 8.01. The molecule has 0 amide bonds. The van der Waals surface area contributed by atoms with Gasteiger partial charge < -0.3 is 10.6 Å². The van der Waals surface area contributed by atoms with Gasteiger partial charge in [-0.3, -0.25) is 9.80 Å². The zero-order valence-electron chi connectivity index (χ0n) is 17.6. The molecule has 2 N–H and O–H groups in total. The van der Waals surface area contributed by atoms with Gasteiger partial charge in [0, 0.05) is 56.0 Å². The summed E-state index contributed by atoms with van der Waals surface area (Å²) >= 11 is 12.5. The number of nitrogens with two attached hydrogens (primary N) is 1. The Morgan fingerprint density at radius 1 is 1.03 bits per heavy atom. The van der Waals surface area contributed by atoms with Crippen LogP contribution in [0.15, 0.2) is 36.5 Å². The monoisotopic (exact) mass is 447 g/mol. The van der Waals surface area contributed by atoms with Crippen LogP contribution in [0, 0.1) is 0 Å². The van der Waals surface area contributed by atoms with Crippen LogP contribution in [0.2, 0.25) is 10.0 Å². The van der Waals surface area contributed by atoms with Crippen LogP contribution in [-0.4, -0.2) is 59.6 Å². The molecule has 162 valence electrons. The van der Waals surface area contributed by atoms with Gasteiger partial charge in [0.1, 0.15) is 5.82 Å². The molecule has 3 heterocycles. The predicted molar refractivity (Wildman–Crippen MR) is 125 cm³/mol. The number of benzene rings is 1. The van der Waals surface area contributed by atoms with Crippen LogP contribution >= 0.6 is 23.2 Å². The second-order valence-corrected chi connectivity index (χ2v) is 9.36. The quantitative estimate of drug-likeness (QED) is 0.749. The maximum atomic E-state index is 6.48. The van der Waals surface area contributed by atoms with E-state index in [9.17, 15) is 0 Å². The number of hydrogen-bond donors (Lipinski definition) is 1. The predicted octanol–water partition coefficient (Wildman–Crippen LogP) is 4.02. The highest BCUT2D eigenvalue weighted by atomic mass is 35.5. The minimum atomic E-state index is 0.466. The number of pyridine rings is 1. The molecule has 0 aliphatic carbocycles. The molecule has 5 nitrogen and oxygen atoms in total. The van der Waals surface area contributed by atoms with E-state index in [2.05, 4.69) is 38.7 Å². The number of hydrogen-bond acceptors (Lipinski definition) is 5. The highest BCUT2D eigenvalue weighted by Crippen LogP contribution is 2.28. The fourth-order valence-corrected chi connectivity index (χ4v) is 5.21. The number of likely N-dealkylation sites (tertiary alicyclic amines) is 1. The van der Waals surface area contributed by atoms with E-state index in [0.717, 1.165) is 55.7 Å². The summed E-state index contributed by atoms with van der Waals surface area (Å²) in [5.74, 6) is 0.887. The zero-order valence-corrected chi connectivity index (χ0v) is 19.1. The van der Waals surface area contributed by atoms with Crippen LogP contribution in [0.3, 0.4) is 0 Å². The maximum absolute atomic E-state index is 6.48. The summed E-state index contributed by atoms with van der Waals surface area (Å²) < 4.78 is 0. The van der Waals surface area contributed by atoms with Gasteiger partial charge in [-0.1, -0.05) is 35.3 Å². The largest absolute Gasteiger partial charge is 0.353 e. The molecular weight excluding hydrogens is 417 g/mol. The van der Waals surface area contributed by atoms with Crippen molar-refractivity contribution in [3.63, 3.8) is 0 Å². The molecule has 1 aromatic carbocycles. The van der Waals surface area contributed by atoms with E-state index in [0.29, 0.717) is 23.7 Å². The van der Waals surface area contributed by atoms with Gasteiger partial charge in [-0.05, 0) is 62.2 Å². The molecule has 7 heteroatoms. The van der Waals surface area contributed by atoms with Crippen molar-refractivity contribution >= 4 is 29.0 Å². The first-order valence-electron chi connectivity index (χ1n) is 10.9. The van der Waals surface area contributed by atoms with Crippen LogP contribution in [0.5, 0.6) is 0 Å². The molecule has 30 heavy (non-hydrogen) atoms. The minimum absolute atomic E-state index is 0.466. The lowest BCUT2D eigenvalue weighted by Gasteiger charge is -2.47. The lowest BCUT2D eigenvalue weighted by Crippen LogP contribution is -2.57. The van der Waals surface area contributed by atoms with Gasteiger partial charge in [-0.2, -0.15) is 0 Å². The molecule has 1 atom stereocenters. The molecule has 0 unspecified atom stereocenters. The Hall–Kier alpha value is -1.37. The molecule has 0 saturated carbocycles. The van der Waals surface area contributed by atoms with Crippen molar-refractivity contribution in [2.24, 2.45) is 5.73 Å². The van der Waals surface area contributed by atoms with Crippen LogP contribution in [0.4, 0.5) is 5.82 Å². The van der Waals surface area contributed by atoms with Crippen molar-refractivity contribution in [3.8, 4) is 0 Å². The van der Waals surface area contributed by atoms with Gasteiger partial charge >= 0.3 is 0 Å². The van der Waals surface area contributed by atoms with Gasteiger partial charge in [0.05, 0.1) is 5.02 Å². The van der Waals surface area contributed by atoms with Crippen molar-refractivity contribution < 1.29 is 0 Å². The van der Waals surface area contributed by atoms with E-state index in [4.69, 9.17) is 28.9 Å². The second-order valence-electron chi connectivity index (χ2n) is 8.52. The zero-order chi connectivity index (χ0) is 21.1. The molecule has 0 radical (unpaired) electrons. The third-order valence-electron chi connectivity index (χ3n) is 6.44. The molecular formula is C23H31Cl2N5. The molecule has 2 aliphatic rings. The Bertz CT molecular complexity index is 836. The van der Waals surface area contributed by atoms with Crippen molar-refractivity contribution in [3.05, 3.63) is 57.7 Å². The van der Waals surface area contributed by atoms with Gasteiger partial charge in [0.15, 0.2) is 0 Å². The van der Waals surface area contributed by atoms with E-state index in [1.54, 1.807) is 0 Å². The van der Waals surface area contributed by atoms with Crippen molar-refractivity contribution in [2.75, 3.05) is 37.6 Å². The molecule has 1 aromatic heterocycles. The first-order valence-corrected chi connectivity index (χ1v) is 11.6. The van der Waals surface area contributed by atoms with E-state index in [-0.39, 0.29) is 0 Å². The summed E-state index contributed by atoms with van der Waals surface area (Å²) in [7, 11) is 0. The SMILES string of the molecule is C[C@H]1CN(c2ncc(CN)cc2Cl)CCN1C1CCN(Cc2ccc(Cl)cc2)CC1. The number of aromatic nitrogens is 1. The Labute approximate surface area is 189 Å². The summed E-state index contributed by atoms with van der Waals surface area (Å²) in [5, 5.41) is 1.51. The van der Waals surface area contributed by atoms with Crippen LogP contribution in [0.1, 0.15) is 30.9 Å². The van der Waals surface area contributed by atoms with Crippen LogP contribution < -0.4 is 10.6 Å². The van der Waals surface area contributed by atoms with Crippen LogP contribution in [0.25, 0.3) is 0 Å². The summed E-state index contributed by atoms with van der Waals surface area (Å²) in [6, 6.07) is 11.3. The molecule has 4 rings (SSSR count). The second kappa shape index (κ2) is 9.84. The number of piperazine rings is 1. The molecule has 2 aromatic rings. The molecule has 2 fully saturated rings. The van der Waals surface area contributed by atoms with E-state index < -0.39 is 0 Å². The lowest BCUT2D eigenvalue weighted by molar-refractivity contribution is 0.0690. The lowest BCUT2D eigenvalue weighted by atomic mass is 9.99. The normalized spacial score (nSPS) is 21.9. The number of halogens is 2. The van der Waals surface area contributed by atoms with E-state index in [1.165, 1.54) is 18.4 Å². The average molecular weight is 448 g/mol. The summed E-state index contributed by atoms with van der Waals surface area (Å²) in [6.07, 6.45) is 4.29. The first-order chi connectivity index (χ1) is 14.5. The highest BCUT2D eigenvalue weighted by molar-refractivity contribution is 6.33. The molecule has 2 aliphatic heterocycles.